The first-order chi connectivity index (χ1) is 63.5. The quantitative estimate of drug-likeness (QED) is 0.0296. The summed E-state index contributed by atoms with van der Waals surface area (Å²) < 4.78 is 48.4. The van der Waals surface area contributed by atoms with Gasteiger partial charge in [-0.3, -0.25) is 48.6 Å². The minimum Gasteiger partial charge on any atom is -0.508 e. The van der Waals surface area contributed by atoms with Crippen LogP contribution in [0.1, 0.15) is 185 Å². The molecule has 6 aliphatic heterocycles. The van der Waals surface area contributed by atoms with Crippen LogP contribution < -0.4 is 77.4 Å². The minimum absolute atomic E-state index is 0.0213. The molecule has 14 atom stereocenters. The first kappa shape index (κ1) is 99.5. The Morgan fingerprint density at radius 1 is 0.585 bits per heavy atom. The number of phenolic OH excluding ortho intramolecular Hbond substituents is 3. The van der Waals surface area contributed by atoms with Gasteiger partial charge in [0.1, 0.15) is 137 Å². The maximum Gasteiger partial charge on any atom is 0.410 e. The molecule has 16 rings (SSSR count). The van der Waals surface area contributed by atoms with Gasteiger partial charge in [-0.25, -0.2) is 19.2 Å². The number of urea groups is 1. The summed E-state index contributed by atoms with van der Waals surface area (Å²) >= 11 is 7.27. The number of alkyl carbamates (subject to hydrolysis) is 2. The average Bonchev–Trinajstić information content (AvgIpc) is 0.755. The second-order valence-corrected chi connectivity index (χ2v) is 38.9. The fourth-order valence-electron chi connectivity index (χ4n) is 18.0. The molecule has 1 saturated heterocycles. The summed E-state index contributed by atoms with van der Waals surface area (Å²) in [5.74, 6) is -14.3. The largest absolute Gasteiger partial charge is 0.508 e. The van der Waals surface area contributed by atoms with Gasteiger partial charge in [0.05, 0.1) is 18.0 Å². The molecule has 10 aliphatic rings. The number of fused-ring (bicyclic) bond motifs is 15. The molecular formula is C94H115ClN12O28. The predicted octanol–water partition coefficient (Wildman–Crippen LogP) is 7.33. The number of hydrogen-bond donors (Lipinski definition) is 19. The van der Waals surface area contributed by atoms with Crippen molar-refractivity contribution in [2.75, 3.05) is 32.1 Å². The van der Waals surface area contributed by atoms with Crippen LogP contribution in [-0.2, 0) is 57.3 Å². The Bertz CT molecular complexity index is 5520. The van der Waals surface area contributed by atoms with Gasteiger partial charge >= 0.3 is 24.3 Å². The van der Waals surface area contributed by atoms with Gasteiger partial charge in [0.15, 0.2) is 11.5 Å². The second kappa shape index (κ2) is 40.7. The van der Waals surface area contributed by atoms with Crippen LogP contribution in [0.2, 0.25) is 5.02 Å². The Morgan fingerprint density at radius 2 is 1.18 bits per heavy atom. The van der Waals surface area contributed by atoms with Crippen LogP contribution in [0.4, 0.5) is 24.9 Å². The highest BCUT2D eigenvalue weighted by Crippen LogP contribution is 2.55. The number of amides is 13. The predicted molar refractivity (Wildman–Crippen MR) is 480 cm³/mol. The summed E-state index contributed by atoms with van der Waals surface area (Å²) in [4.78, 5) is 181. The van der Waals surface area contributed by atoms with Crippen molar-refractivity contribution in [1.29, 1.82) is 0 Å². The Balaban J connectivity index is 0.972. The number of halogens is 1. The molecule has 6 aromatic rings. The number of ether oxygens (including phenoxy) is 8. The number of carbonyl (C=O) groups is 12. The summed E-state index contributed by atoms with van der Waals surface area (Å²) in [6.07, 6.45) is -14.4. The third-order valence-corrected chi connectivity index (χ3v) is 24.3. The first-order valence-electron chi connectivity index (χ1n) is 44.4. The number of anilines is 1. The van der Waals surface area contributed by atoms with Gasteiger partial charge in [0.2, 0.25) is 59.3 Å². The number of carbonyl (C=O) groups excluding carboxylic acids is 12. The van der Waals surface area contributed by atoms with E-state index in [-0.39, 0.29) is 87.9 Å². The Kier molecular flexibility index (Phi) is 30.0. The maximum absolute atomic E-state index is 16.7. The highest BCUT2D eigenvalue weighted by molar-refractivity contribution is 6.32. The van der Waals surface area contributed by atoms with E-state index in [1.54, 1.807) is 76.2 Å². The van der Waals surface area contributed by atoms with E-state index in [9.17, 15) is 64.8 Å². The summed E-state index contributed by atoms with van der Waals surface area (Å²) in [5.41, 5.74) is -5.16. The van der Waals surface area contributed by atoms with Crippen LogP contribution in [0.3, 0.4) is 0 Å². The standard InChI is InChI=1S/C94H115ClN12O28/c1-41(2)26-58(107(13)91(127)135-94(10,11)12)81(118)105-72-74(112)46-15-22-61(42(3)27-46)129-63-35-50-36-64(79(63)132-87-78(116)77(115)76(114)65(131-87)40-97-90(126)134-93(7,8)9)130-62-23-16-47(34-56(62)95)75(113)73-86(123)104-71(84(121)101-68-48-29-43-28-44(31-48)32-49(68)30-43)55-37-52(108)38-60(110)67(55)54-33-45(14-21-59(54)109)69(82(119)106-73)103-83(120)70(50)102-80(117)57(99-85(72)122)39-66(111)100-88(124)98-51-17-19-53(20-18-51)128-25-24-96-89(125)133-92(4,5)6/h14-23,27,33-38,41,43-44,48-49,57-58,65,68-78,87,108-110,112-116H,24-26,28-32,39-40H2,1-13H3,(H,96,125)(H,97,126)(H,99,122)(H,101,121)(H,102,117)(H,103,120)(H,104,123)(H,105,118)(H,106,119)(H2,98,100,111,124)/t43?,44?,48?,49?,57-,58+,65+,68?,69+,70+,71-,72+,73-,74+,75+,76+,77-,78+,87-/m0/s1. The molecule has 6 heterocycles. The van der Waals surface area contributed by atoms with E-state index in [2.05, 4.69) is 58.5 Å². The summed E-state index contributed by atoms with van der Waals surface area (Å²) in [6, 6.07) is 3.45. The number of aliphatic hydroxyl groups is 5. The van der Waals surface area contributed by atoms with Gasteiger partial charge < -0.3 is 132 Å². The van der Waals surface area contributed by atoms with Crippen LogP contribution in [0.5, 0.6) is 51.7 Å². The normalized spacial score (nSPS) is 25.6. The molecule has 0 radical (unpaired) electrons. The molecule has 5 fully saturated rings. The van der Waals surface area contributed by atoms with Crippen LogP contribution >= 0.6 is 11.6 Å². The van der Waals surface area contributed by atoms with Crippen molar-refractivity contribution in [3.63, 3.8) is 0 Å². The molecule has 726 valence electrons. The van der Waals surface area contributed by atoms with Crippen molar-refractivity contribution in [3.05, 3.63) is 142 Å². The number of rotatable bonds is 18. The SMILES string of the molecule is Cc1cc2ccc1Oc1cc3cc(c1O[C@@H]1O[C@H](CNC(=O)OC(C)(C)C)[C@@H](O)[C@H](O)[C@H]1O)Oc1ccc(cc1Cl)[C@@H](O)[C@@H]1NC(=O)[C@H](NC(=O)[C@@H]3NC(=O)[C@H](CC(=O)NC(=O)Nc3ccc(OCCNC(=O)OC(C)(C)C)cc3)NC(=O)[C@H](NC(=O)[C@@H](CC(C)C)N(C)C(=O)OC(C)(C)C)[C@@H]2O)c2ccc(O)c(c2)-c2c(O)cc(O)cc2[C@@H](C(=O)NC2C3CC4CC(C3)CC2C4)NC1=O. The molecular weight excluding hydrogens is 1780 g/mol. The van der Waals surface area contributed by atoms with Crippen molar-refractivity contribution in [3.8, 4) is 62.9 Å². The minimum atomic E-state index is -2.47. The molecule has 0 spiro atoms. The van der Waals surface area contributed by atoms with Gasteiger partial charge in [-0.2, -0.15) is 0 Å². The Morgan fingerprint density at radius 3 is 1.80 bits per heavy atom. The van der Waals surface area contributed by atoms with Gasteiger partial charge in [0.25, 0.3) is 0 Å². The van der Waals surface area contributed by atoms with E-state index >= 15 is 33.6 Å². The topological polar surface area (TPSA) is 576 Å². The summed E-state index contributed by atoms with van der Waals surface area (Å²) in [7, 11) is 1.26. The molecule has 6 aromatic carbocycles. The second-order valence-electron chi connectivity index (χ2n) is 38.4. The van der Waals surface area contributed by atoms with Crippen molar-refractivity contribution in [2.24, 2.45) is 29.6 Å². The van der Waals surface area contributed by atoms with Crippen molar-refractivity contribution in [2.45, 2.75) is 236 Å². The number of aromatic hydroxyl groups is 3. The first-order valence-corrected chi connectivity index (χ1v) is 44.8. The third-order valence-electron chi connectivity index (χ3n) is 24.0. The van der Waals surface area contributed by atoms with Crippen molar-refractivity contribution >= 4 is 88.9 Å². The number of aliphatic hydroxyl groups excluding tert-OH is 5. The molecule has 4 aliphatic carbocycles. The molecule has 19 N–H and O–H groups in total. The third kappa shape index (κ3) is 24.0. The Hall–Kier alpha value is -13.0. The molecule has 0 aromatic heterocycles. The Labute approximate surface area is 781 Å². The number of benzene rings is 6. The van der Waals surface area contributed by atoms with Crippen LogP contribution in [-0.4, -0.2) is 222 Å². The fraction of sp³-hybridized carbons (Fsp3) is 0.489. The van der Waals surface area contributed by atoms with Gasteiger partial charge in [0, 0.05) is 42.5 Å². The van der Waals surface area contributed by atoms with E-state index in [0.717, 1.165) is 91.6 Å². The van der Waals surface area contributed by atoms with Gasteiger partial charge in [-0.1, -0.05) is 43.6 Å². The molecule has 41 heteroatoms. The lowest BCUT2D eigenvalue weighted by molar-refractivity contribution is -0.270. The monoisotopic (exact) mass is 1890 g/mol. The lowest BCUT2D eigenvalue weighted by atomic mass is 9.54. The lowest BCUT2D eigenvalue weighted by Gasteiger charge is -2.54. The van der Waals surface area contributed by atoms with E-state index in [1.807, 2.05) is 0 Å². The molecule has 40 nitrogen and oxygen atoms in total. The number of phenols is 3. The number of imide groups is 1. The zero-order valence-electron chi connectivity index (χ0n) is 76.5. The molecule has 0 unspecified atom stereocenters. The highest BCUT2D eigenvalue weighted by Gasteiger charge is 2.52. The van der Waals surface area contributed by atoms with E-state index < -0.39 is 249 Å². The van der Waals surface area contributed by atoms with Crippen LogP contribution in [0, 0.1) is 36.5 Å². The van der Waals surface area contributed by atoms with Crippen LogP contribution in [0.25, 0.3) is 11.1 Å². The van der Waals surface area contributed by atoms with Crippen LogP contribution in [0.15, 0.2) is 103 Å². The highest BCUT2D eigenvalue weighted by atomic mass is 35.5. The summed E-state index contributed by atoms with van der Waals surface area (Å²) in [5, 5.41) is 125. The molecule has 13 amide bonds. The molecule has 135 heavy (non-hydrogen) atoms. The lowest BCUT2D eigenvalue weighted by Crippen LogP contribution is -2.61. The zero-order chi connectivity index (χ0) is 98.0. The smallest absolute Gasteiger partial charge is 0.410 e. The number of nitrogens with zero attached hydrogens (tertiary/aromatic N) is 1. The number of likely N-dealkylation sites (N-methyl/N-ethyl adjacent to an activating group) is 1. The molecule has 4 saturated carbocycles. The zero-order valence-corrected chi connectivity index (χ0v) is 77.3. The number of hydrogen-bond acceptors (Lipinski definition) is 28. The summed E-state index contributed by atoms with van der Waals surface area (Å²) in [6.45, 7) is 18.9. The van der Waals surface area contributed by atoms with Gasteiger partial charge in [-0.15, -0.1) is 0 Å². The maximum atomic E-state index is 16.7. The average molecular weight is 1900 g/mol. The van der Waals surface area contributed by atoms with E-state index in [1.165, 1.54) is 62.5 Å². The fourth-order valence-corrected chi connectivity index (χ4v) is 18.2. The number of nitrogens with one attached hydrogen (secondary N) is 11. The molecule has 15 bridgehead atoms. The van der Waals surface area contributed by atoms with Crippen molar-refractivity contribution < 1.29 is 136 Å². The van der Waals surface area contributed by atoms with Crippen molar-refractivity contribution in [1.82, 2.24) is 58.1 Å². The van der Waals surface area contributed by atoms with E-state index in [4.69, 9.17) is 49.5 Å². The van der Waals surface area contributed by atoms with E-state index in [0.29, 0.717) is 11.8 Å². The van der Waals surface area contributed by atoms with Gasteiger partial charge in [-0.05, 0) is 250 Å². The number of aryl methyl sites for hydroxylation is 1.